The van der Waals surface area contributed by atoms with E-state index >= 15 is 0 Å². The number of carbonyl (C=O) groups is 1. The minimum absolute atomic E-state index is 0.115. The first kappa shape index (κ1) is 15.8. The van der Waals surface area contributed by atoms with E-state index in [0.29, 0.717) is 13.2 Å². The van der Waals surface area contributed by atoms with E-state index in [4.69, 9.17) is 10.5 Å². The number of nitrogens with one attached hydrogen (secondary N) is 1. The van der Waals surface area contributed by atoms with Gasteiger partial charge in [-0.3, -0.25) is 9.69 Å². The molecule has 0 aliphatic carbocycles. The van der Waals surface area contributed by atoms with Crippen molar-refractivity contribution in [3.8, 4) is 5.75 Å². The number of ether oxygens (including phenoxy) is 1. The third-order valence-electron chi connectivity index (χ3n) is 3.93. The number of carbonyl (C=O) groups excluding carboxylic acids is 1. The van der Waals surface area contributed by atoms with Gasteiger partial charge in [0.15, 0.2) is 0 Å². The topological polar surface area (TPSA) is 67.6 Å². The van der Waals surface area contributed by atoms with Crippen LogP contribution in [0.2, 0.25) is 0 Å². The fourth-order valence-electron chi connectivity index (χ4n) is 2.73. The van der Waals surface area contributed by atoms with Gasteiger partial charge >= 0.3 is 0 Å². The van der Waals surface area contributed by atoms with E-state index in [0.717, 1.165) is 43.8 Å². The number of rotatable bonds is 6. The highest BCUT2D eigenvalue weighted by atomic mass is 16.5. The van der Waals surface area contributed by atoms with E-state index in [-0.39, 0.29) is 11.8 Å². The summed E-state index contributed by atoms with van der Waals surface area (Å²) in [4.78, 5) is 14.0. The predicted octanol–water partition coefficient (Wildman–Crippen LogP) is 0.982. The SMILES string of the molecule is CNC(=O)C1CCCN(CCOc2cccc(CN)c2)C1. The summed E-state index contributed by atoms with van der Waals surface area (Å²) in [5.74, 6) is 1.12. The van der Waals surface area contributed by atoms with E-state index in [2.05, 4.69) is 10.2 Å². The molecule has 116 valence electrons. The molecule has 5 heteroatoms. The first-order chi connectivity index (χ1) is 10.2. The molecule has 1 aromatic carbocycles. The lowest BCUT2D eigenvalue weighted by Crippen LogP contribution is -2.43. The molecule has 1 unspecified atom stereocenters. The molecule has 1 atom stereocenters. The Kier molecular flexibility index (Phi) is 6.02. The van der Waals surface area contributed by atoms with Crippen molar-refractivity contribution in [3.05, 3.63) is 29.8 Å². The van der Waals surface area contributed by atoms with Gasteiger partial charge < -0.3 is 15.8 Å². The lowest BCUT2D eigenvalue weighted by Gasteiger charge is -2.31. The van der Waals surface area contributed by atoms with E-state index in [1.807, 2.05) is 24.3 Å². The van der Waals surface area contributed by atoms with Crippen LogP contribution in [0.25, 0.3) is 0 Å². The van der Waals surface area contributed by atoms with Gasteiger partial charge in [-0.05, 0) is 37.1 Å². The Morgan fingerprint density at radius 1 is 1.52 bits per heavy atom. The lowest BCUT2D eigenvalue weighted by atomic mass is 9.97. The molecule has 1 aliphatic heterocycles. The van der Waals surface area contributed by atoms with Crippen LogP contribution < -0.4 is 15.8 Å². The van der Waals surface area contributed by atoms with Crippen LogP contribution in [0.3, 0.4) is 0 Å². The minimum Gasteiger partial charge on any atom is -0.492 e. The summed E-state index contributed by atoms with van der Waals surface area (Å²) in [6.45, 7) is 3.87. The second-order valence-electron chi connectivity index (χ2n) is 5.45. The zero-order chi connectivity index (χ0) is 15.1. The number of piperidine rings is 1. The number of likely N-dealkylation sites (tertiary alicyclic amines) is 1. The number of nitrogens with two attached hydrogens (primary N) is 1. The van der Waals surface area contributed by atoms with E-state index in [1.165, 1.54) is 0 Å². The van der Waals surface area contributed by atoms with Gasteiger partial charge in [0.2, 0.25) is 5.91 Å². The van der Waals surface area contributed by atoms with Crippen molar-refractivity contribution in [2.75, 3.05) is 33.3 Å². The molecule has 21 heavy (non-hydrogen) atoms. The molecule has 1 heterocycles. The molecule has 1 fully saturated rings. The maximum absolute atomic E-state index is 11.7. The Balaban J connectivity index is 1.76. The maximum atomic E-state index is 11.7. The highest BCUT2D eigenvalue weighted by Gasteiger charge is 2.24. The molecule has 5 nitrogen and oxygen atoms in total. The largest absolute Gasteiger partial charge is 0.492 e. The normalized spacial score (nSPS) is 19.2. The molecule has 0 bridgehead atoms. The van der Waals surface area contributed by atoms with Crippen LogP contribution in [-0.4, -0.2) is 44.1 Å². The van der Waals surface area contributed by atoms with E-state index in [1.54, 1.807) is 7.05 Å². The molecular weight excluding hydrogens is 266 g/mol. The van der Waals surface area contributed by atoms with Crippen molar-refractivity contribution >= 4 is 5.91 Å². The van der Waals surface area contributed by atoms with Crippen molar-refractivity contribution in [2.45, 2.75) is 19.4 Å². The van der Waals surface area contributed by atoms with Crippen molar-refractivity contribution < 1.29 is 9.53 Å². The van der Waals surface area contributed by atoms with Crippen molar-refractivity contribution in [3.63, 3.8) is 0 Å². The molecule has 0 saturated carbocycles. The fraction of sp³-hybridized carbons (Fsp3) is 0.562. The summed E-state index contributed by atoms with van der Waals surface area (Å²) in [5, 5.41) is 2.74. The average molecular weight is 291 g/mol. The fourth-order valence-corrected chi connectivity index (χ4v) is 2.73. The molecule has 1 saturated heterocycles. The Morgan fingerprint density at radius 2 is 2.38 bits per heavy atom. The molecular formula is C16H25N3O2. The van der Waals surface area contributed by atoms with Crippen LogP contribution in [-0.2, 0) is 11.3 Å². The minimum atomic E-state index is 0.115. The van der Waals surface area contributed by atoms with Gasteiger partial charge in [-0.25, -0.2) is 0 Å². The van der Waals surface area contributed by atoms with E-state index < -0.39 is 0 Å². The molecule has 0 radical (unpaired) electrons. The summed E-state index contributed by atoms with van der Waals surface area (Å²) >= 11 is 0. The van der Waals surface area contributed by atoms with Crippen LogP contribution in [0, 0.1) is 5.92 Å². The first-order valence-corrected chi connectivity index (χ1v) is 7.58. The zero-order valence-electron chi connectivity index (χ0n) is 12.7. The van der Waals surface area contributed by atoms with Crippen molar-refractivity contribution in [2.24, 2.45) is 11.7 Å². The Morgan fingerprint density at radius 3 is 3.14 bits per heavy atom. The standard InChI is InChI=1S/C16H25N3O2/c1-18-16(20)14-5-3-7-19(12-14)8-9-21-15-6-2-4-13(10-15)11-17/h2,4,6,10,14H,3,5,7-9,11-12,17H2,1H3,(H,18,20). The zero-order valence-corrected chi connectivity index (χ0v) is 12.7. The first-order valence-electron chi connectivity index (χ1n) is 7.58. The summed E-state index contributed by atoms with van der Waals surface area (Å²) in [7, 11) is 1.70. The van der Waals surface area contributed by atoms with Crippen LogP contribution in [0.15, 0.2) is 24.3 Å². The third-order valence-corrected chi connectivity index (χ3v) is 3.93. The second-order valence-corrected chi connectivity index (χ2v) is 5.45. The Labute approximate surface area is 126 Å². The Hall–Kier alpha value is -1.59. The second kappa shape index (κ2) is 8.00. The van der Waals surface area contributed by atoms with Crippen LogP contribution in [0.1, 0.15) is 18.4 Å². The molecule has 1 aliphatic rings. The summed E-state index contributed by atoms with van der Waals surface area (Å²) in [5.41, 5.74) is 6.69. The average Bonchev–Trinajstić information content (AvgIpc) is 2.54. The lowest BCUT2D eigenvalue weighted by molar-refractivity contribution is -0.126. The number of amides is 1. The van der Waals surface area contributed by atoms with E-state index in [9.17, 15) is 4.79 Å². The number of hydrogen-bond donors (Lipinski definition) is 2. The van der Waals surface area contributed by atoms with Crippen LogP contribution in [0.4, 0.5) is 0 Å². The predicted molar refractivity (Wildman–Crippen MR) is 83.1 cm³/mol. The number of nitrogens with zero attached hydrogens (tertiary/aromatic N) is 1. The number of benzene rings is 1. The van der Waals surface area contributed by atoms with Gasteiger partial charge in [0.05, 0.1) is 5.92 Å². The molecule has 0 spiro atoms. The monoisotopic (exact) mass is 291 g/mol. The maximum Gasteiger partial charge on any atom is 0.224 e. The van der Waals surface area contributed by atoms with Crippen molar-refractivity contribution in [1.29, 1.82) is 0 Å². The molecule has 0 aromatic heterocycles. The highest BCUT2D eigenvalue weighted by Crippen LogP contribution is 2.17. The van der Waals surface area contributed by atoms with Crippen LogP contribution >= 0.6 is 0 Å². The van der Waals surface area contributed by atoms with Crippen molar-refractivity contribution in [1.82, 2.24) is 10.2 Å². The van der Waals surface area contributed by atoms with Gasteiger partial charge in [0.1, 0.15) is 12.4 Å². The van der Waals surface area contributed by atoms with Gasteiger partial charge in [-0.1, -0.05) is 12.1 Å². The smallest absolute Gasteiger partial charge is 0.224 e. The van der Waals surface area contributed by atoms with Gasteiger partial charge in [-0.2, -0.15) is 0 Å². The summed E-state index contributed by atoms with van der Waals surface area (Å²) in [6.07, 6.45) is 2.05. The molecule has 1 amide bonds. The number of hydrogen-bond acceptors (Lipinski definition) is 4. The van der Waals surface area contributed by atoms with Gasteiger partial charge in [0, 0.05) is 26.7 Å². The molecule has 2 rings (SSSR count). The van der Waals surface area contributed by atoms with Gasteiger partial charge in [-0.15, -0.1) is 0 Å². The third kappa shape index (κ3) is 4.72. The van der Waals surface area contributed by atoms with Crippen LogP contribution in [0.5, 0.6) is 5.75 Å². The van der Waals surface area contributed by atoms with Gasteiger partial charge in [0.25, 0.3) is 0 Å². The summed E-state index contributed by atoms with van der Waals surface area (Å²) in [6, 6.07) is 7.87. The Bertz CT molecular complexity index is 465. The molecule has 3 N–H and O–H groups in total. The summed E-state index contributed by atoms with van der Waals surface area (Å²) < 4.78 is 5.78. The molecule has 1 aromatic rings. The quantitative estimate of drug-likeness (QED) is 0.820. The highest BCUT2D eigenvalue weighted by molar-refractivity contribution is 5.78.